The van der Waals surface area contributed by atoms with E-state index >= 15 is 0 Å². The normalized spacial score (nSPS) is 18.8. The van der Waals surface area contributed by atoms with Crippen LogP contribution in [0.3, 0.4) is 0 Å². The van der Waals surface area contributed by atoms with E-state index in [0.717, 1.165) is 63.2 Å². The molecule has 0 radical (unpaired) electrons. The fraction of sp³-hybridized carbons (Fsp3) is 0.442. The van der Waals surface area contributed by atoms with Crippen molar-refractivity contribution in [3.63, 3.8) is 0 Å². The van der Waals surface area contributed by atoms with Crippen molar-refractivity contribution >= 4 is 65.5 Å². The van der Waals surface area contributed by atoms with Crippen molar-refractivity contribution in [2.75, 3.05) is 26.9 Å². The van der Waals surface area contributed by atoms with Crippen LogP contribution in [0.2, 0.25) is 24.3 Å². The number of alkyl carbamates (subject to hydrolysis) is 2. The molecule has 0 bridgehead atoms. The van der Waals surface area contributed by atoms with E-state index in [-0.39, 0.29) is 35.7 Å². The summed E-state index contributed by atoms with van der Waals surface area (Å²) in [6.45, 7) is 12.7. The van der Waals surface area contributed by atoms with Crippen LogP contribution >= 0.6 is 11.6 Å². The molecule has 2 aromatic heterocycles. The van der Waals surface area contributed by atoms with Gasteiger partial charge in [-0.2, -0.15) is 0 Å². The van der Waals surface area contributed by atoms with Crippen LogP contribution in [0, 0.1) is 11.8 Å². The summed E-state index contributed by atoms with van der Waals surface area (Å²) >= 11 is 6.75. The Morgan fingerprint density at radius 3 is 2.00 bits per heavy atom. The number of aromatic amines is 2. The van der Waals surface area contributed by atoms with Crippen molar-refractivity contribution < 1.29 is 28.7 Å². The van der Waals surface area contributed by atoms with E-state index in [1.165, 1.54) is 14.2 Å². The third-order valence-corrected chi connectivity index (χ3v) is 14.6. The second-order valence-electron chi connectivity index (χ2n) is 17.1. The van der Waals surface area contributed by atoms with Crippen molar-refractivity contribution in [1.82, 2.24) is 40.4 Å². The van der Waals surface area contributed by atoms with E-state index < -0.39 is 32.3 Å². The first kappa shape index (κ1) is 41.7. The number of methoxy groups -OCH3 is 2. The number of rotatable bonds is 10. The highest BCUT2D eigenvalue weighted by atomic mass is 35.5. The van der Waals surface area contributed by atoms with Gasteiger partial charge in [-0.05, 0) is 59.4 Å². The predicted octanol–water partition coefficient (Wildman–Crippen LogP) is 7.98. The number of aromatic nitrogens is 4. The smallest absolute Gasteiger partial charge is 0.407 e. The zero-order valence-electron chi connectivity index (χ0n) is 34.8. The quantitative estimate of drug-likeness (QED) is 0.102. The summed E-state index contributed by atoms with van der Waals surface area (Å²) in [5, 5.41) is 7.86. The number of H-pyrrole nitrogens is 2. The summed E-state index contributed by atoms with van der Waals surface area (Å²) in [5.41, 5.74) is 5.23. The lowest BCUT2D eigenvalue weighted by atomic mass is 9.99. The molecular weight excluding hydrogens is 788 g/mol. The first-order valence-electron chi connectivity index (χ1n) is 20.2. The highest BCUT2D eigenvalue weighted by Crippen LogP contribution is 2.40. The van der Waals surface area contributed by atoms with Crippen LogP contribution in [0.25, 0.3) is 44.2 Å². The molecule has 7 rings (SSSR count). The largest absolute Gasteiger partial charge is 0.453 e. The van der Waals surface area contributed by atoms with Gasteiger partial charge < -0.3 is 39.9 Å². The molecule has 5 aromatic rings. The van der Waals surface area contributed by atoms with Gasteiger partial charge in [-0.25, -0.2) is 19.6 Å². The molecule has 2 aliphatic heterocycles. The second kappa shape index (κ2) is 16.7. The molecular formula is C43H53ClN8O6Si. The standard InChI is InChI=1S/C43H53ClN8O6Si/c1-23(2)33(48-42(55)57-5)40(53)51-19-9-10-31(51)38-46-35(37(44)50-38)26-13-11-25(12-14-26)27-15-17-29-28(20-27)16-18-30-36(29)47-39(45-30)32-21-59(7,8)22-52(32)41(54)34(24(3)4)49-43(56)58-6/h11-18,20,23-24,31-34H,9-10,19,21-22H2,1-8H3,(H,45,47)(H,46,50)(H,48,55)(H,49,56). The minimum atomic E-state index is -1.78. The van der Waals surface area contributed by atoms with Crippen LogP contribution in [0.4, 0.5) is 9.59 Å². The number of amides is 4. The van der Waals surface area contributed by atoms with Crippen LogP contribution in [0.15, 0.2) is 54.6 Å². The third-order valence-electron chi connectivity index (χ3n) is 11.6. The molecule has 16 heteroatoms. The number of hydrogen-bond donors (Lipinski definition) is 4. The Labute approximate surface area is 349 Å². The lowest BCUT2D eigenvalue weighted by molar-refractivity contribution is -0.136. The molecule has 4 atom stereocenters. The average Bonchev–Trinajstić information content (AvgIpc) is 4.02. The number of carbonyl (C=O) groups is 4. The van der Waals surface area contributed by atoms with Gasteiger partial charge in [0.25, 0.3) is 0 Å². The fourth-order valence-corrected chi connectivity index (χ4v) is 11.6. The van der Waals surface area contributed by atoms with Gasteiger partial charge in [-0.3, -0.25) is 9.59 Å². The highest BCUT2D eigenvalue weighted by molar-refractivity contribution is 6.78. The molecule has 3 aromatic carbocycles. The summed E-state index contributed by atoms with van der Waals surface area (Å²) < 4.78 is 9.59. The van der Waals surface area contributed by atoms with Crippen molar-refractivity contribution in [2.45, 2.75) is 83.8 Å². The van der Waals surface area contributed by atoms with Crippen LogP contribution in [-0.2, 0) is 19.1 Å². The van der Waals surface area contributed by atoms with Gasteiger partial charge in [0.2, 0.25) is 11.8 Å². The summed E-state index contributed by atoms with van der Waals surface area (Å²) in [6.07, 6.45) is 0.927. The molecule has 2 fully saturated rings. The minimum Gasteiger partial charge on any atom is -0.453 e. The van der Waals surface area contributed by atoms with E-state index in [4.69, 9.17) is 31.0 Å². The molecule has 4 amide bonds. The van der Waals surface area contributed by atoms with E-state index in [1.54, 1.807) is 4.90 Å². The van der Waals surface area contributed by atoms with Crippen LogP contribution < -0.4 is 10.6 Å². The Kier molecular flexibility index (Phi) is 11.8. The number of imidazole rings is 2. The maximum atomic E-state index is 14.0. The molecule has 312 valence electrons. The molecule has 0 saturated carbocycles. The number of carbonyl (C=O) groups excluding carboxylic acids is 4. The SMILES string of the molecule is COC(=O)NC(C(=O)N1CCCC1c1nc(-c2ccc(-c3ccc4c(ccc5[nH]c(C6C[Si](C)(C)CN6C(=O)C(NC(=O)OC)C(C)C)nc54)c3)cc2)c(Cl)[nH]1)C(C)C. The van der Waals surface area contributed by atoms with Gasteiger partial charge in [0.1, 0.15) is 34.6 Å². The summed E-state index contributed by atoms with van der Waals surface area (Å²) in [6, 6.07) is 17.4. The van der Waals surface area contributed by atoms with Gasteiger partial charge in [-0.15, -0.1) is 0 Å². The number of nitrogens with one attached hydrogen (secondary N) is 4. The number of hydrogen-bond acceptors (Lipinski definition) is 8. The summed E-state index contributed by atoms with van der Waals surface area (Å²) in [5.74, 6) is 0.797. The van der Waals surface area contributed by atoms with Crippen molar-refractivity contribution in [3.8, 4) is 22.4 Å². The van der Waals surface area contributed by atoms with Crippen LogP contribution in [0.1, 0.15) is 64.3 Å². The molecule has 0 aliphatic carbocycles. The lowest BCUT2D eigenvalue weighted by Crippen LogP contribution is -2.52. The number of likely N-dealkylation sites (tertiary alicyclic amines) is 1. The maximum absolute atomic E-state index is 14.0. The van der Waals surface area contributed by atoms with Crippen molar-refractivity contribution in [1.29, 1.82) is 0 Å². The van der Waals surface area contributed by atoms with Crippen LogP contribution in [0.5, 0.6) is 0 Å². The first-order chi connectivity index (χ1) is 28.1. The number of nitrogens with zero attached hydrogens (tertiary/aromatic N) is 4. The number of benzene rings is 3. The van der Waals surface area contributed by atoms with Gasteiger partial charge >= 0.3 is 12.2 Å². The lowest BCUT2D eigenvalue weighted by Gasteiger charge is -2.30. The Hall–Kier alpha value is -5.41. The van der Waals surface area contributed by atoms with E-state index in [2.05, 4.69) is 58.0 Å². The van der Waals surface area contributed by atoms with Gasteiger partial charge in [0.05, 0.1) is 45.4 Å². The molecule has 4 unspecified atom stereocenters. The second-order valence-corrected chi connectivity index (χ2v) is 22.6. The Morgan fingerprint density at radius 1 is 0.780 bits per heavy atom. The summed E-state index contributed by atoms with van der Waals surface area (Å²) in [4.78, 5) is 72.2. The van der Waals surface area contributed by atoms with Crippen molar-refractivity contribution in [2.24, 2.45) is 11.8 Å². The van der Waals surface area contributed by atoms with E-state index in [1.807, 2.05) is 62.9 Å². The molecule has 59 heavy (non-hydrogen) atoms. The van der Waals surface area contributed by atoms with Gasteiger partial charge in [0, 0.05) is 23.7 Å². The van der Waals surface area contributed by atoms with Crippen LogP contribution in [-0.4, -0.2) is 101 Å². The highest BCUT2D eigenvalue weighted by Gasteiger charge is 2.46. The fourth-order valence-electron chi connectivity index (χ4n) is 8.51. The Bertz CT molecular complexity index is 2390. The third kappa shape index (κ3) is 8.40. The Morgan fingerprint density at radius 2 is 1.37 bits per heavy atom. The molecule has 4 heterocycles. The van der Waals surface area contributed by atoms with E-state index in [9.17, 15) is 19.2 Å². The number of fused-ring (bicyclic) bond motifs is 3. The zero-order valence-corrected chi connectivity index (χ0v) is 36.6. The predicted molar refractivity (Wildman–Crippen MR) is 230 cm³/mol. The molecule has 4 N–H and O–H groups in total. The Balaban J connectivity index is 1.11. The van der Waals surface area contributed by atoms with Crippen molar-refractivity contribution in [3.05, 3.63) is 71.4 Å². The number of halogens is 1. The molecule has 14 nitrogen and oxygen atoms in total. The zero-order chi connectivity index (χ0) is 42.3. The molecule has 2 aliphatic rings. The van der Waals surface area contributed by atoms with E-state index in [0.29, 0.717) is 29.4 Å². The molecule has 0 spiro atoms. The topological polar surface area (TPSA) is 175 Å². The maximum Gasteiger partial charge on any atom is 0.407 e. The van der Waals surface area contributed by atoms with Gasteiger partial charge in [-0.1, -0.05) is 94.9 Å². The van der Waals surface area contributed by atoms with Gasteiger partial charge in [0.15, 0.2) is 0 Å². The average molecular weight is 841 g/mol. The minimum absolute atomic E-state index is 0.122. The molecule has 2 saturated heterocycles. The number of ether oxygens (including phenoxy) is 2. The summed E-state index contributed by atoms with van der Waals surface area (Å²) in [7, 11) is 0.795. The monoisotopic (exact) mass is 840 g/mol. The first-order valence-corrected chi connectivity index (χ1v) is 24.0.